The van der Waals surface area contributed by atoms with Crippen molar-refractivity contribution in [3.63, 3.8) is 0 Å². The molecule has 1 saturated carbocycles. The number of amides is 1. The second-order valence-corrected chi connectivity index (χ2v) is 4.89. The van der Waals surface area contributed by atoms with Crippen LogP contribution < -0.4 is 5.32 Å². The molecule has 0 aromatic carbocycles. The Morgan fingerprint density at radius 3 is 2.60 bits per heavy atom. The summed E-state index contributed by atoms with van der Waals surface area (Å²) in [5.41, 5.74) is 0. The summed E-state index contributed by atoms with van der Waals surface area (Å²) in [5.74, 6) is 0.321. The molecular formula is C12H22N2O. The van der Waals surface area contributed by atoms with Crippen molar-refractivity contribution in [2.24, 2.45) is 0 Å². The van der Waals surface area contributed by atoms with Gasteiger partial charge in [0.25, 0.3) is 0 Å². The van der Waals surface area contributed by atoms with E-state index in [9.17, 15) is 4.79 Å². The van der Waals surface area contributed by atoms with E-state index >= 15 is 0 Å². The molecule has 0 aromatic heterocycles. The van der Waals surface area contributed by atoms with Crippen LogP contribution in [0.3, 0.4) is 0 Å². The van der Waals surface area contributed by atoms with Crippen LogP contribution in [0.1, 0.15) is 44.9 Å². The van der Waals surface area contributed by atoms with Gasteiger partial charge in [-0.05, 0) is 38.6 Å². The lowest BCUT2D eigenvalue weighted by Crippen LogP contribution is -2.50. The molecule has 2 rings (SSSR count). The number of hydrogen-bond acceptors (Lipinski definition) is 2. The topological polar surface area (TPSA) is 32.3 Å². The van der Waals surface area contributed by atoms with Gasteiger partial charge in [-0.3, -0.25) is 4.79 Å². The molecule has 2 aliphatic rings. The summed E-state index contributed by atoms with van der Waals surface area (Å²) in [6, 6.07) is 0.626. The van der Waals surface area contributed by atoms with Crippen LogP contribution in [0.15, 0.2) is 0 Å². The molecule has 1 aliphatic heterocycles. The van der Waals surface area contributed by atoms with Crippen LogP contribution in [0.25, 0.3) is 0 Å². The number of nitrogens with zero attached hydrogens (tertiary/aromatic N) is 1. The quantitative estimate of drug-likeness (QED) is 0.749. The highest BCUT2D eigenvalue weighted by Crippen LogP contribution is 2.24. The summed E-state index contributed by atoms with van der Waals surface area (Å²) in [4.78, 5) is 14.1. The highest BCUT2D eigenvalue weighted by Gasteiger charge is 2.30. The first-order chi connectivity index (χ1) is 7.29. The van der Waals surface area contributed by atoms with Crippen LogP contribution in [-0.4, -0.2) is 36.5 Å². The Hall–Kier alpha value is -0.570. The smallest absolute Gasteiger partial charge is 0.239 e. The first kappa shape index (κ1) is 10.9. The predicted octanol–water partition coefficient (Wildman–Crippen LogP) is 1.53. The monoisotopic (exact) mass is 210 g/mol. The highest BCUT2D eigenvalue weighted by molar-refractivity contribution is 5.82. The molecule has 3 nitrogen and oxygen atoms in total. The minimum atomic E-state index is 0.0955. The van der Waals surface area contributed by atoms with Gasteiger partial charge in [-0.15, -0.1) is 0 Å². The van der Waals surface area contributed by atoms with Crippen molar-refractivity contribution in [2.45, 2.75) is 57.0 Å². The van der Waals surface area contributed by atoms with Crippen molar-refractivity contribution < 1.29 is 4.79 Å². The Morgan fingerprint density at radius 2 is 1.93 bits per heavy atom. The molecule has 1 saturated heterocycles. The number of hydrogen-bond donors (Lipinski definition) is 1. The predicted molar refractivity (Wildman–Crippen MR) is 60.7 cm³/mol. The molecule has 1 heterocycles. The van der Waals surface area contributed by atoms with E-state index in [0.717, 1.165) is 13.0 Å². The van der Waals surface area contributed by atoms with Crippen molar-refractivity contribution >= 4 is 5.91 Å². The summed E-state index contributed by atoms with van der Waals surface area (Å²) in [6.45, 7) is 1.01. The molecule has 1 N–H and O–H groups in total. The fourth-order valence-corrected chi connectivity index (χ4v) is 2.44. The van der Waals surface area contributed by atoms with Crippen molar-refractivity contribution in [3.8, 4) is 0 Å². The van der Waals surface area contributed by atoms with Crippen LogP contribution in [0.5, 0.6) is 0 Å². The Bertz CT molecular complexity index is 218. The summed E-state index contributed by atoms with van der Waals surface area (Å²) in [6.07, 6.45) is 8.41. The van der Waals surface area contributed by atoms with Crippen LogP contribution in [0.4, 0.5) is 0 Å². The molecule has 1 aliphatic carbocycles. The van der Waals surface area contributed by atoms with Gasteiger partial charge in [-0.1, -0.05) is 12.8 Å². The Kier molecular flexibility index (Phi) is 3.62. The molecule has 86 valence electrons. The Balaban J connectivity index is 1.86. The van der Waals surface area contributed by atoms with Gasteiger partial charge in [0.1, 0.15) is 0 Å². The fraction of sp³-hybridized carbons (Fsp3) is 0.917. The van der Waals surface area contributed by atoms with E-state index in [4.69, 9.17) is 0 Å². The maximum absolute atomic E-state index is 12.1. The van der Waals surface area contributed by atoms with Gasteiger partial charge >= 0.3 is 0 Å². The fourth-order valence-electron chi connectivity index (χ4n) is 2.44. The first-order valence-corrected chi connectivity index (χ1v) is 6.29. The summed E-state index contributed by atoms with van der Waals surface area (Å²) >= 11 is 0. The van der Waals surface area contributed by atoms with E-state index in [1.54, 1.807) is 0 Å². The summed E-state index contributed by atoms with van der Waals surface area (Å²) in [7, 11) is 1.97. The van der Waals surface area contributed by atoms with E-state index in [-0.39, 0.29) is 6.04 Å². The lowest BCUT2D eigenvalue weighted by Gasteiger charge is -2.36. The van der Waals surface area contributed by atoms with Crippen molar-refractivity contribution in [3.05, 3.63) is 0 Å². The van der Waals surface area contributed by atoms with Gasteiger partial charge in [0.15, 0.2) is 0 Å². The van der Waals surface area contributed by atoms with Gasteiger partial charge < -0.3 is 10.2 Å². The molecule has 1 atom stereocenters. The number of carbonyl (C=O) groups excluding carboxylic acids is 1. The van der Waals surface area contributed by atoms with E-state index in [1.807, 2.05) is 11.9 Å². The van der Waals surface area contributed by atoms with Crippen molar-refractivity contribution in [1.82, 2.24) is 10.2 Å². The van der Waals surface area contributed by atoms with Gasteiger partial charge in [0.2, 0.25) is 5.91 Å². The normalized spacial score (nSPS) is 27.9. The molecule has 2 fully saturated rings. The number of likely N-dealkylation sites (N-methyl/N-ethyl adjacent to an activating group) is 1. The van der Waals surface area contributed by atoms with Crippen LogP contribution in [-0.2, 0) is 4.79 Å². The maximum atomic E-state index is 12.1. The SMILES string of the molecule is CN(C(=O)C1CCCCCN1)C1CCC1. The van der Waals surface area contributed by atoms with E-state index in [1.165, 1.54) is 38.5 Å². The largest absolute Gasteiger partial charge is 0.341 e. The second kappa shape index (κ2) is 4.97. The average Bonchev–Trinajstić information content (AvgIpc) is 2.41. The molecule has 0 aromatic rings. The average molecular weight is 210 g/mol. The van der Waals surface area contributed by atoms with Crippen LogP contribution in [0.2, 0.25) is 0 Å². The van der Waals surface area contributed by atoms with E-state index in [0.29, 0.717) is 11.9 Å². The van der Waals surface area contributed by atoms with E-state index < -0.39 is 0 Å². The molecule has 0 spiro atoms. The first-order valence-electron chi connectivity index (χ1n) is 6.29. The molecule has 0 radical (unpaired) electrons. The molecule has 0 bridgehead atoms. The summed E-state index contributed by atoms with van der Waals surface area (Å²) in [5, 5.41) is 3.37. The maximum Gasteiger partial charge on any atom is 0.239 e. The molecular weight excluding hydrogens is 188 g/mol. The molecule has 15 heavy (non-hydrogen) atoms. The Labute approximate surface area is 92.2 Å². The van der Waals surface area contributed by atoms with Gasteiger partial charge in [-0.2, -0.15) is 0 Å². The highest BCUT2D eigenvalue weighted by atomic mass is 16.2. The standard InChI is InChI=1S/C12H22N2O/c1-14(10-6-5-7-10)12(15)11-8-3-2-4-9-13-11/h10-11,13H,2-9H2,1H3. The number of nitrogens with one attached hydrogen (secondary N) is 1. The Morgan fingerprint density at radius 1 is 1.13 bits per heavy atom. The van der Waals surface area contributed by atoms with Gasteiger partial charge in [0, 0.05) is 13.1 Å². The van der Waals surface area contributed by atoms with Crippen molar-refractivity contribution in [1.29, 1.82) is 0 Å². The third-order valence-corrected chi connectivity index (χ3v) is 3.83. The summed E-state index contributed by atoms with van der Waals surface area (Å²) < 4.78 is 0. The molecule has 1 unspecified atom stereocenters. The minimum Gasteiger partial charge on any atom is -0.341 e. The minimum absolute atomic E-state index is 0.0955. The zero-order chi connectivity index (χ0) is 10.7. The lowest BCUT2D eigenvalue weighted by atomic mass is 9.91. The third kappa shape index (κ3) is 2.51. The lowest BCUT2D eigenvalue weighted by molar-refractivity contribution is -0.135. The third-order valence-electron chi connectivity index (χ3n) is 3.83. The van der Waals surface area contributed by atoms with Gasteiger partial charge in [-0.25, -0.2) is 0 Å². The number of carbonyl (C=O) groups is 1. The number of rotatable bonds is 2. The zero-order valence-electron chi connectivity index (χ0n) is 9.67. The van der Waals surface area contributed by atoms with E-state index in [2.05, 4.69) is 5.32 Å². The molecule has 1 amide bonds. The molecule has 3 heteroatoms. The van der Waals surface area contributed by atoms with Crippen molar-refractivity contribution in [2.75, 3.05) is 13.6 Å². The van der Waals surface area contributed by atoms with Gasteiger partial charge in [0.05, 0.1) is 6.04 Å². The zero-order valence-corrected chi connectivity index (χ0v) is 9.67. The van der Waals surface area contributed by atoms with Crippen LogP contribution in [0, 0.1) is 0 Å². The second-order valence-electron chi connectivity index (χ2n) is 4.89. The van der Waals surface area contributed by atoms with Crippen LogP contribution >= 0.6 is 0 Å².